The van der Waals surface area contributed by atoms with E-state index in [4.69, 9.17) is 23.7 Å². The Balaban J connectivity index is 1.34. The second-order valence-corrected chi connectivity index (χ2v) is 14.5. The molecule has 10 nitrogen and oxygen atoms in total. The van der Waals surface area contributed by atoms with Gasteiger partial charge in [-0.1, -0.05) is 56.7 Å². The van der Waals surface area contributed by atoms with Crippen LogP contribution in [-0.4, -0.2) is 78.6 Å². The average Bonchev–Trinajstić information content (AvgIpc) is 3.74. The third-order valence-electron chi connectivity index (χ3n) is 12.4. The molecular weight excluding hydrogens is 592 g/mol. The largest absolute Gasteiger partial charge is 0.469 e. The topological polar surface area (TPSA) is 138 Å². The summed E-state index contributed by atoms with van der Waals surface area (Å²) in [5.74, 6) is -2.53. The van der Waals surface area contributed by atoms with Gasteiger partial charge in [-0.05, 0) is 42.6 Å². The molecule has 2 saturated heterocycles. The summed E-state index contributed by atoms with van der Waals surface area (Å²) in [4.78, 5) is 39.4. The lowest BCUT2D eigenvalue weighted by molar-refractivity contribution is -0.248. The average molecular weight is 635 g/mol. The smallest absolute Gasteiger partial charge is 0.337 e. The highest BCUT2D eigenvalue weighted by Crippen LogP contribution is 2.73. The van der Waals surface area contributed by atoms with Crippen molar-refractivity contribution in [1.82, 2.24) is 0 Å². The summed E-state index contributed by atoms with van der Waals surface area (Å²) in [6.07, 6.45) is 1.17. The molecule has 7 rings (SSSR count). The van der Waals surface area contributed by atoms with Gasteiger partial charge < -0.3 is 33.9 Å². The number of aliphatic hydroxyl groups is 2. The van der Waals surface area contributed by atoms with Crippen LogP contribution in [0, 0.1) is 34.0 Å². The van der Waals surface area contributed by atoms with E-state index in [2.05, 4.69) is 13.8 Å². The zero-order valence-electron chi connectivity index (χ0n) is 26.8. The number of esters is 3. The molecule has 3 heterocycles. The molecule has 0 spiro atoms. The second kappa shape index (κ2) is 10.9. The molecule has 46 heavy (non-hydrogen) atoms. The van der Waals surface area contributed by atoms with Crippen molar-refractivity contribution in [2.45, 2.75) is 83.8 Å². The first kappa shape index (κ1) is 31.3. The highest BCUT2D eigenvalue weighted by atomic mass is 16.6. The summed E-state index contributed by atoms with van der Waals surface area (Å²) >= 11 is 0. The SMILES string of the molecule is COC(=O)C[C@H]1[C@]2(C)C3=C(C)[C@H](C4=C[C@@H](O)OC4=O)C[C@H]3O[C@@H]2[C@@H]2OC[C@]3(C)[C@H](O)C[C@H](OC(=O)C=Cc4ccccc4)[C@@]1(C)[C@@H]23. The van der Waals surface area contributed by atoms with Gasteiger partial charge in [0, 0.05) is 52.6 Å². The number of aliphatic hydroxyl groups excluding tert-OH is 2. The summed E-state index contributed by atoms with van der Waals surface area (Å²) in [7, 11) is 1.36. The molecule has 0 unspecified atom stereocenters. The summed E-state index contributed by atoms with van der Waals surface area (Å²) in [5, 5.41) is 21.6. The Morgan fingerprint density at radius 3 is 2.52 bits per heavy atom. The Kier molecular flexibility index (Phi) is 7.40. The molecule has 3 aliphatic carbocycles. The molecule has 10 heteroatoms. The number of hydrogen-bond donors (Lipinski definition) is 2. The third-order valence-corrected chi connectivity index (χ3v) is 12.4. The van der Waals surface area contributed by atoms with Gasteiger partial charge >= 0.3 is 17.9 Å². The van der Waals surface area contributed by atoms with Gasteiger partial charge in [-0.2, -0.15) is 0 Å². The van der Waals surface area contributed by atoms with E-state index in [-0.39, 0.29) is 30.8 Å². The van der Waals surface area contributed by atoms with Crippen molar-refractivity contribution >= 4 is 24.0 Å². The molecule has 0 aromatic heterocycles. The van der Waals surface area contributed by atoms with Crippen LogP contribution >= 0.6 is 0 Å². The minimum atomic E-state index is -1.28. The molecule has 1 aromatic rings. The lowest BCUT2D eigenvalue weighted by Gasteiger charge is -2.65. The number of ether oxygens (including phenoxy) is 5. The Labute approximate surface area is 268 Å². The van der Waals surface area contributed by atoms with Crippen LogP contribution in [0.5, 0.6) is 0 Å². The standard InChI is InChI=1S/C36H42O10/c1-18-20(21-14-28(40)46-33(21)41)13-22-29(18)36(4)23(15-27(39)42-5)35(3)25(45-26(38)12-11-19-9-7-6-8-10-19)16-24(37)34(2)17-43-30(31(34)35)32(36)44-22/h6-12,14,20,22-25,28,30-32,37,40H,13,15-17H2,1-5H3/t20-,22-,23-,24-,25+,28+,30-,31+,32-,34-,35+,36-/m1/s1. The molecular formula is C36H42O10. The fourth-order valence-electron chi connectivity index (χ4n) is 10.4. The van der Waals surface area contributed by atoms with E-state index < -0.39 is 70.8 Å². The third kappa shape index (κ3) is 4.33. The molecule has 6 aliphatic rings. The van der Waals surface area contributed by atoms with Gasteiger partial charge in [0.2, 0.25) is 6.29 Å². The van der Waals surface area contributed by atoms with Gasteiger partial charge in [0.15, 0.2) is 0 Å². The number of methoxy groups -OCH3 is 1. The fraction of sp³-hybridized carbons (Fsp3) is 0.583. The van der Waals surface area contributed by atoms with Gasteiger partial charge in [0.1, 0.15) is 6.10 Å². The molecule has 4 fully saturated rings. The van der Waals surface area contributed by atoms with Gasteiger partial charge in [0.05, 0.1) is 38.1 Å². The zero-order chi connectivity index (χ0) is 32.8. The molecule has 0 radical (unpaired) electrons. The van der Waals surface area contributed by atoms with E-state index >= 15 is 0 Å². The van der Waals surface area contributed by atoms with Crippen LogP contribution in [0.1, 0.15) is 52.5 Å². The fourth-order valence-corrected chi connectivity index (χ4v) is 10.4. The van der Waals surface area contributed by atoms with Crippen LogP contribution in [-0.2, 0) is 38.1 Å². The van der Waals surface area contributed by atoms with Gasteiger partial charge in [-0.3, -0.25) is 4.79 Å². The number of hydrogen-bond acceptors (Lipinski definition) is 10. The Morgan fingerprint density at radius 2 is 1.85 bits per heavy atom. The van der Waals surface area contributed by atoms with Crippen molar-refractivity contribution < 1.29 is 48.3 Å². The number of allylic oxidation sites excluding steroid dienone is 1. The maximum atomic E-state index is 13.4. The van der Waals surface area contributed by atoms with E-state index in [0.29, 0.717) is 18.6 Å². The van der Waals surface area contributed by atoms with E-state index in [1.807, 2.05) is 44.2 Å². The number of fused-ring (bicyclic) bond motifs is 4. The summed E-state index contributed by atoms with van der Waals surface area (Å²) in [5.41, 5.74) is 0.929. The number of benzene rings is 1. The van der Waals surface area contributed by atoms with Crippen molar-refractivity contribution in [3.05, 3.63) is 64.8 Å². The quantitative estimate of drug-likeness (QED) is 0.207. The predicted octanol–water partition coefficient (Wildman–Crippen LogP) is 3.51. The zero-order valence-corrected chi connectivity index (χ0v) is 26.8. The van der Waals surface area contributed by atoms with Crippen LogP contribution in [0.2, 0.25) is 0 Å². The molecule has 3 aliphatic heterocycles. The van der Waals surface area contributed by atoms with Crippen LogP contribution in [0.4, 0.5) is 0 Å². The maximum absolute atomic E-state index is 13.4. The molecule has 12 atom stereocenters. The van der Waals surface area contributed by atoms with Crippen LogP contribution in [0.15, 0.2) is 59.2 Å². The van der Waals surface area contributed by atoms with Crippen molar-refractivity contribution in [3.63, 3.8) is 0 Å². The molecule has 246 valence electrons. The van der Waals surface area contributed by atoms with E-state index in [1.165, 1.54) is 19.3 Å². The highest BCUT2D eigenvalue weighted by Gasteiger charge is 2.78. The number of rotatable bonds is 6. The lowest BCUT2D eigenvalue weighted by Crippen LogP contribution is -2.70. The Bertz CT molecular complexity index is 1550. The van der Waals surface area contributed by atoms with Crippen LogP contribution < -0.4 is 0 Å². The number of carbonyl (C=O) groups is 3. The Hall–Kier alpha value is -3.31. The number of carbonyl (C=O) groups excluding carboxylic acids is 3. The van der Waals surface area contributed by atoms with E-state index in [9.17, 15) is 24.6 Å². The molecule has 0 bridgehead atoms. The highest BCUT2D eigenvalue weighted by molar-refractivity contribution is 5.92. The second-order valence-electron chi connectivity index (χ2n) is 14.5. The van der Waals surface area contributed by atoms with Crippen LogP contribution in [0.25, 0.3) is 6.08 Å². The first-order chi connectivity index (χ1) is 21.8. The molecule has 2 saturated carbocycles. The van der Waals surface area contributed by atoms with Crippen molar-refractivity contribution in [2.24, 2.45) is 34.0 Å². The molecule has 2 N–H and O–H groups in total. The lowest BCUT2D eigenvalue weighted by atomic mass is 9.40. The van der Waals surface area contributed by atoms with Gasteiger partial charge in [-0.15, -0.1) is 0 Å². The summed E-state index contributed by atoms with van der Waals surface area (Å²) in [6.45, 7) is 8.47. The first-order valence-corrected chi connectivity index (χ1v) is 16.1. The van der Waals surface area contributed by atoms with E-state index in [1.54, 1.807) is 6.08 Å². The van der Waals surface area contributed by atoms with E-state index in [0.717, 1.165) is 16.7 Å². The Morgan fingerprint density at radius 1 is 1.11 bits per heavy atom. The molecule has 1 aromatic carbocycles. The number of cyclic esters (lactones) is 1. The van der Waals surface area contributed by atoms with Gasteiger partial charge in [-0.25, -0.2) is 9.59 Å². The maximum Gasteiger partial charge on any atom is 0.337 e. The normalized spacial score (nSPS) is 44.0. The summed E-state index contributed by atoms with van der Waals surface area (Å²) < 4.78 is 30.1. The first-order valence-electron chi connectivity index (χ1n) is 16.1. The van der Waals surface area contributed by atoms with Crippen molar-refractivity contribution in [2.75, 3.05) is 13.7 Å². The monoisotopic (exact) mass is 634 g/mol. The van der Waals surface area contributed by atoms with Gasteiger partial charge in [0.25, 0.3) is 0 Å². The van der Waals surface area contributed by atoms with Crippen molar-refractivity contribution in [1.29, 1.82) is 0 Å². The summed E-state index contributed by atoms with van der Waals surface area (Å²) in [6, 6.07) is 9.45. The predicted molar refractivity (Wildman–Crippen MR) is 163 cm³/mol. The van der Waals surface area contributed by atoms with Crippen molar-refractivity contribution in [3.8, 4) is 0 Å². The molecule has 0 amide bonds. The minimum Gasteiger partial charge on any atom is -0.469 e. The van der Waals surface area contributed by atoms with Crippen LogP contribution in [0.3, 0.4) is 0 Å². The minimum absolute atomic E-state index is 0.0320.